The van der Waals surface area contributed by atoms with Gasteiger partial charge in [-0.3, -0.25) is 4.79 Å². The van der Waals surface area contributed by atoms with E-state index in [1.54, 1.807) is 6.20 Å². The van der Waals surface area contributed by atoms with Crippen LogP contribution in [0.3, 0.4) is 0 Å². The minimum absolute atomic E-state index is 0.0267. The number of aromatic nitrogens is 3. The van der Waals surface area contributed by atoms with Crippen molar-refractivity contribution < 1.29 is 43.1 Å². The van der Waals surface area contributed by atoms with E-state index in [9.17, 15) is 14.7 Å². The van der Waals surface area contributed by atoms with Crippen molar-refractivity contribution >= 4 is 34.4 Å². The van der Waals surface area contributed by atoms with Crippen molar-refractivity contribution in [2.24, 2.45) is 5.92 Å². The number of ether oxygens (including phenoxy) is 2. The number of rotatable bonds is 6. The zero-order chi connectivity index (χ0) is 39.5. The molecule has 3 aromatic carbocycles. The topological polar surface area (TPSA) is 202 Å². The van der Waals surface area contributed by atoms with Crippen LogP contribution in [0, 0.1) is 5.92 Å². The van der Waals surface area contributed by atoms with E-state index in [2.05, 4.69) is 32.7 Å². The molecule has 7 heterocycles. The number of aromatic amines is 1. The van der Waals surface area contributed by atoms with Crippen molar-refractivity contribution in [1.82, 2.24) is 20.3 Å². The van der Waals surface area contributed by atoms with Crippen molar-refractivity contribution in [1.29, 1.82) is 0 Å². The van der Waals surface area contributed by atoms with E-state index in [1.807, 2.05) is 70.2 Å². The monoisotopic (exact) mass is 770 g/mol. The minimum Gasteiger partial charge on any atom is -0.469 e. The van der Waals surface area contributed by atoms with Crippen LogP contribution in [0.5, 0.6) is 5.75 Å². The third-order valence-corrected chi connectivity index (χ3v) is 12.3. The first kappa shape index (κ1) is 35.0. The number of amides is 1. The van der Waals surface area contributed by atoms with E-state index in [0.29, 0.717) is 29.9 Å². The van der Waals surface area contributed by atoms with Crippen LogP contribution in [0.4, 0.5) is 5.69 Å². The maximum atomic E-state index is 14.4. The van der Waals surface area contributed by atoms with Crippen LogP contribution in [0.25, 0.3) is 44.9 Å². The summed E-state index contributed by atoms with van der Waals surface area (Å²) in [5.74, 6) is -0.207. The Morgan fingerprint density at radius 3 is 2.61 bits per heavy atom. The van der Waals surface area contributed by atoms with Gasteiger partial charge in [0.2, 0.25) is 17.8 Å². The van der Waals surface area contributed by atoms with Gasteiger partial charge in [0.15, 0.2) is 29.1 Å². The van der Waals surface area contributed by atoms with Gasteiger partial charge >= 0.3 is 11.9 Å². The summed E-state index contributed by atoms with van der Waals surface area (Å²) in [5, 5.41) is 28.0. The summed E-state index contributed by atoms with van der Waals surface area (Å²) in [7, 11) is 1.30. The fourth-order valence-corrected chi connectivity index (χ4v) is 9.06. The lowest BCUT2D eigenvalue weighted by molar-refractivity contribution is -0.501. The number of para-hydroxylation sites is 1. The molecule has 0 fully saturated rings. The van der Waals surface area contributed by atoms with Crippen LogP contribution in [-0.4, -0.2) is 67.9 Å². The van der Waals surface area contributed by atoms with E-state index in [0.717, 1.165) is 44.4 Å². The van der Waals surface area contributed by atoms with Gasteiger partial charge in [-0.05, 0) is 29.2 Å². The summed E-state index contributed by atoms with van der Waals surface area (Å²) < 4.78 is 25.8. The van der Waals surface area contributed by atoms with Gasteiger partial charge in [0, 0.05) is 64.3 Å². The van der Waals surface area contributed by atoms with Gasteiger partial charge in [-0.25, -0.2) is 9.78 Å². The fourth-order valence-electron chi connectivity index (χ4n) is 9.06. The zero-order valence-corrected chi connectivity index (χ0v) is 32.0. The molecule has 10 bridgehead atoms. The van der Waals surface area contributed by atoms with Crippen LogP contribution in [0.1, 0.15) is 85.4 Å². The van der Waals surface area contributed by atoms with Gasteiger partial charge < -0.3 is 44.1 Å². The number of anilines is 1. The van der Waals surface area contributed by atoms with Gasteiger partial charge in [0.05, 0.1) is 7.11 Å². The molecule has 14 nitrogen and oxygen atoms in total. The summed E-state index contributed by atoms with van der Waals surface area (Å²) >= 11 is 0. The number of nitrogens with zero attached hydrogens (tertiary/aromatic N) is 2. The Balaban J connectivity index is 1.32. The molecule has 10 rings (SSSR count). The van der Waals surface area contributed by atoms with Gasteiger partial charge in [0.1, 0.15) is 17.2 Å². The fraction of sp³-hybridized carbons (Fsp3) is 0.326. The molecular formula is C43H42N6O8+2. The largest absolute Gasteiger partial charge is 0.469 e. The maximum Gasteiger partial charge on any atom is 0.418 e. The number of methoxy groups -OCH3 is 1. The molecular weight excluding hydrogens is 729 g/mol. The van der Waals surface area contributed by atoms with Crippen LogP contribution >= 0.6 is 0 Å². The maximum absolute atomic E-state index is 14.4. The summed E-state index contributed by atoms with van der Waals surface area (Å²) in [4.78, 5) is 44.2. The van der Waals surface area contributed by atoms with E-state index < -0.39 is 41.2 Å². The number of hydrogen-bond acceptors (Lipinski definition) is 9. The second kappa shape index (κ2) is 12.3. The predicted molar refractivity (Wildman–Crippen MR) is 209 cm³/mol. The molecule has 1 spiro atoms. The Labute approximate surface area is 326 Å². The SMILES string of the molecule is CCC([OH2+])(CC)C(O)=[NH+][C@H]1Cc2ccc3c(c2)C24c5cccc(c5NC2O3)-c2cccc3[nH]cc(c23)-c2oc(nc2C(=O)OC)-c2nc(oc24)[C@H](C(C)C)NC1=O. The van der Waals surface area contributed by atoms with Gasteiger partial charge in [-0.1, -0.05) is 70.2 Å². The number of H-pyrrole nitrogens is 1. The van der Waals surface area contributed by atoms with Crippen molar-refractivity contribution in [2.75, 3.05) is 12.4 Å². The quantitative estimate of drug-likeness (QED) is 0.0679. The number of benzene rings is 3. The van der Waals surface area contributed by atoms with E-state index in [4.69, 9.17) is 33.4 Å². The average molecular weight is 771 g/mol. The van der Waals surface area contributed by atoms with Gasteiger partial charge in [-0.15, -0.1) is 0 Å². The van der Waals surface area contributed by atoms with Crippen LogP contribution in [0.2, 0.25) is 0 Å². The molecule has 0 radical (unpaired) electrons. The number of fused-ring (bicyclic) bond motifs is 7. The molecule has 6 aromatic rings. The lowest BCUT2D eigenvalue weighted by Crippen LogP contribution is -2.86. The molecule has 4 aliphatic rings. The number of nitrogens with one attached hydrogen (secondary N) is 4. The van der Waals surface area contributed by atoms with Crippen LogP contribution < -0.4 is 20.4 Å². The molecule has 4 atom stereocenters. The van der Waals surface area contributed by atoms with Crippen molar-refractivity contribution in [3.63, 3.8) is 0 Å². The molecule has 14 heteroatoms. The molecule has 1 amide bonds. The molecule has 0 aliphatic carbocycles. The van der Waals surface area contributed by atoms with Gasteiger partial charge in [0.25, 0.3) is 11.5 Å². The predicted octanol–water partition coefficient (Wildman–Crippen LogP) is 4.78. The van der Waals surface area contributed by atoms with Crippen molar-refractivity contribution in [3.8, 4) is 39.8 Å². The summed E-state index contributed by atoms with van der Waals surface area (Å²) in [6, 6.07) is 16.2. The third-order valence-electron chi connectivity index (χ3n) is 12.3. The van der Waals surface area contributed by atoms with Crippen molar-refractivity contribution in [3.05, 3.63) is 94.8 Å². The number of aliphatic hydroxyl groups excluding tert-OH is 1. The molecule has 0 saturated carbocycles. The first-order valence-corrected chi connectivity index (χ1v) is 19.3. The van der Waals surface area contributed by atoms with Crippen LogP contribution in [0.15, 0.2) is 69.6 Å². The lowest BCUT2D eigenvalue weighted by Gasteiger charge is -2.28. The standard InChI is InChI=1S/C43H40N6O8/c1-6-42(53,7-2)40(52)45-27-17-20-14-15-28-25(16-20)43-24-12-8-11-22(31(24)49-41(43)55-28)21-10-9-13-26-29(21)23(18-44-26)34-32(39(51)54-5)47-38(56-34)33-35(43)57-37(48-33)30(19(3)4)46-36(27)50/h8-16,18-19,27,30,41,44,49,53H,6-7,17H2,1-5H3,(H,45,52)(H,46,50)/p+2/t27-,30-,41?,43?/m0/s1. The van der Waals surface area contributed by atoms with E-state index in [1.165, 1.54) is 7.11 Å². The number of esters is 1. The smallest absolute Gasteiger partial charge is 0.418 e. The second-order valence-corrected chi connectivity index (χ2v) is 15.6. The first-order valence-electron chi connectivity index (χ1n) is 19.3. The number of oxazole rings is 2. The normalized spacial score (nSPS) is 21.6. The summed E-state index contributed by atoms with van der Waals surface area (Å²) in [5.41, 5.74) is 4.21. The lowest BCUT2D eigenvalue weighted by atomic mass is 9.72. The molecule has 7 N–H and O–H groups in total. The molecule has 57 heavy (non-hydrogen) atoms. The Bertz CT molecular complexity index is 2700. The van der Waals surface area contributed by atoms with Crippen molar-refractivity contribution in [2.45, 2.75) is 76.3 Å². The Hall–Kier alpha value is -6.41. The first-order chi connectivity index (χ1) is 27.5. The molecule has 290 valence electrons. The highest BCUT2D eigenvalue weighted by atomic mass is 16.5. The number of hydrogen-bond donors (Lipinski definition) is 5. The number of carbonyl (C=O) groups is 2. The highest BCUT2D eigenvalue weighted by Gasteiger charge is 2.62. The highest BCUT2D eigenvalue weighted by Crippen LogP contribution is 2.61. The summed E-state index contributed by atoms with van der Waals surface area (Å²) in [6.07, 6.45) is 1.95. The highest BCUT2D eigenvalue weighted by molar-refractivity contribution is 6.10. The van der Waals surface area contributed by atoms with E-state index >= 15 is 0 Å². The Morgan fingerprint density at radius 2 is 1.84 bits per heavy atom. The summed E-state index contributed by atoms with van der Waals surface area (Å²) in [6.45, 7) is 7.57. The number of aliphatic hydroxyl groups is 1. The zero-order valence-electron chi connectivity index (χ0n) is 32.0. The second-order valence-electron chi connectivity index (χ2n) is 15.6. The minimum atomic E-state index is -1.29. The Morgan fingerprint density at radius 1 is 1.05 bits per heavy atom. The molecule has 3 aromatic heterocycles. The number of carbonyl (C=O) groups excluding carboxylic acids is 2. The molecule has 2 unspecified atom stereocenters. The average Bonchev–Trinajstić information content (AvgIpc) is 4.04. The molecule has 4 aliphatic heterocycles. The van der Waals surface area contributed by atoms with Crippen LogP contribution in [-0.2, 0) is 21.4 Å². The van der Waals surface area contributed by atoms with Gasteiger partial charge in [-0.2, -0.15) is 9.98 Å². The van der Waals surface area contributed by atoms with E-state index in [-0.39, 0.29) is 47.2 Å². The Kier molecular flexibility index (Phi) is 7.56. The third kappa shape index (κ3) is 4.76. The molecule has 0 saturated heterocycles.